The molecule has 2 aliphatic heterocycles. The van der Waals surface area contributed by atoms with E-state index < -0.39 is 0 Å². The largest absolute Gasteiger partial charge is 0.381 e. The van der Waals surface area contributed by atoms with Crippen LogP contribution in [0.2, 0.25) is 0 Å². The zero-order valence-electron chi connectivity index (χ0n) is 10.9. The van der Waals surface area contributed by atoms with Gasteiger partial charge in [0.1, 0.15) is 0 Å². The smallest absolute Gasteiger partial charge is 0.0634 e. The fourth-order valence-electron chi connectivity index (χ4n) is 3.17. The zero-order chi connectivity index (χ0) is 12.1. The number of hydrogen-bond donors (Lipinski definition) is 0. The van der Waals surface area contributed by atoms with Crippen LogP contribution in [0, 0.1) is 11.8 Å². The summed E-state index contributed by atoms with van der Waals surface area (Å²) in [5.74, 6) is 1.81. The van der Waals surface area contributed by atoms with E-state index in [1.807, 2.05) is 0 Å². The van der Waals surface area contributed by atoms with Crippen molar-refractivity contribution >= 4 is 11.6 Å². The SMILES string of the molecule is CCCCCCOC[C@H]1[C@@H](CCl)[C@H]2CC[C@@H]1O2. The Morgan fingerprint density at radius 1 is 1.12 bits per heavy atom. The van der Waals surface area contributed by atoms with E-state index in [4.69, 9.17) is 21.1 Å². The van der Waals surface area contributed by atoms with E-state index in [0.29, 0.717) is 24.0 Å². The highest BCUT2D eigenvalue weighted by Gasteiger charge is 2.48. The number of alkyl halides is 1. The molecule has 4 atom stereocenters. The first-order chi connectivity index (χ1) is 8.36. The van der Waals surface area contributed by atoms with Crippen molar-refractivity contribution in [2.45, 2.75) is 57.7 Å². The summed E-state index contributed by atoms with van der Waals surface area (Å²) in [6.45, 7) is 3.99. The summed E-state index contributed by atoms with van der Waals surface area (Å²) in [4.78, 5) is 0. The highest BCUT2D eigenvalue weighted by molar-refractivity contribution is 6.18. The van der Waals surface area contributed by atoms with E-state index in [0.717, 1.165) is 19.1 Å². The molecule has 0 unspecified atom stereocenters. The van der Waals surface area contributed by atoms with Gasteiger partial charge in [0, 0.05) is 24.3 Å². The molecule has 2 rings (SSSR count). The Balaban J connectivity index is 1.62. The molecule has 2 saturated heterocycles. The Bertz CT molecular complexity index is 222. The molecule has 2 aliphatic rings. The fourth-order valence-corrected chi connectivity index (χ4v) is 3.59. The first-order valence-electron chi connectivity index (χ1n) is 7.16. The lowest BCUT2D eigenvalue weighted by molar-refractivity contribution is 0.0484. The molecule has 2 bridgehead atoms. The van der Waals surface area contributed by atoms with Crippen LogP contribution in [0.3, 0.4) is 0 Å². The quantitative estimate of drug-likeness (QED) is 0.490. The van der Waals surface area contributed by atoms with Gasteiger partial charge in [0.05, 0.1) is 18.8 Å². The molecule has 0 radical (unpaired) electrons. The number of rotatable bonds is 8. The van der Waals surface area contributed by atoms with Crippen molar-refractivity contribution in [3.05, 3.63) is 0 Å². The maximum Gasteiger partial charge on any atom is 0.0634 e. The summed E-state index contributed by atoms with van der Waals surface area (Å²) in [6.07, 6.45) is 8.37. The average Bonchev–Trinajstić information content (AvgIpc) is 2.93. The van der Waals surface area contributed by atoms with E-state index >= 15 is 0 Å². The van der Waals surface area contributed by atoms with Crippen LogP contribution in [0.25, 0.3) is 0 Å². The Labute approximate surface area is 110 Å². The van der Waals surface area contributed by atoms with Gasteiger partial charge in [-0.15, -0.1) is 11.6 Å². The molecule has 2 nitrogen and oxygen atoms in total. The molecule has 3 heteroatoms. The van der Waals surface area contributed by atoms with Gasteiger partial charge < -0.3 is 9.47 Å². The number of halogens is 1. The summed E-state index contributed by atoms with van der Waals surface area (Å²) >= 11 is 6.04. The summed E-state index contributed by atoms with van der Waals surface area (Å²) in [6, 6.07) is 0. The summed E-state index contributed by atoms with van der Waals surface area (Å²) in [5, 5.41) is 0. The molecule has 0 aromatic heterocycles. The Kier molecular flexibility index (Phi) is 5.58. The van der Waals surface area contributed by atoms with Crippen molar-refractivity contribution in [3.63, 3.8) is 0 Å². The summed E-state index contributed by atoms with van der Waals surface area (Å²) in [7, 11) is 0. The third kappa shape index (κ3) is 3.36. The van der Waals surface area contributed by atoms with Crippen molar-refractivity contribution in [2.24, 2.45) is 11.8 Å². The van der Waals surface area contributed by atoms with Gasteiger partial charge in [-0.2, -0.15) is 0 Å². The van der Waals surface area contributed by atoms with Crippen LogP contribution in [-0.2, 0) is 9.47 Å². The van der Waals surface area contributed by atoms with Crippen molar-refractivity contribution in [1.29, 1.82) is 0 Å². The van der Waals surface area contributed by atoms with Crippen LogP contribution in [0.4, 0.5) is 0 Å². The van der Waals surface area contributed by atoms with Gasteiger partial charge in [0.2, 0.25) is 0 Å². The predicted molar refractivity (Wildman–Crippen MR) is 70.6 cm³/mol. The fraction of sp³-hybridized carbons (Fsp3) is 1.00. The van der Waals surface area contributed by atoms with Crippen LogP contribution in [-0.4, -0.2) is 31.3 Å². The lowest BCUT2D eigenvalue weighted by Crippen LogP contribution is -2.32. The normalized spacial score (nSPS) is 35.6. The lowest BCUT2D eigenvalue weighted by Gasteiger charge is -2.26. The molecule has 0 amide bonds. The van der Waals surface area contributed by atoms with Crippen molar-refractivity contribution in [1.82, 2.24) is 0 Å². The van der Waals surface area contributed by atoms with Gasteiger partial charge in [0.25, 0.3) is 0 Å². The van der Waals surface area contributed by atoms with Gasteiger partial charge in [-0.1, -0.05) is 26.2 Å². The number of fused-ring (bicyclic) bond motifs is 2. The van der Waals surface area contributed by atoms with E-state index in [1.165, 1.54) is 38.5 Å². The lowest BCUT2D eigenvalue weighted by atomic mass is 9.81. The van der Waals surface area contributed by atoms with E-state index in [2.05, 4.69) is 6.92 Å². The standard InChI is InChI=1S/C14H25ClO2/c1-2-3-4-5-8-16-10-12-11(9-15)13-6-7-14(12)17-13/h11-14H,2-10H2,1H3/t11-,12+,13-,14+/m1/s1. The van der Waals surface area contributed by atoms with Crippen molar-refractivity contribution < 1.29 is 9.47 Å². The minimum atomic E-state index is 0.422. The maximum absolute atomic E-state index is 6.04. The zero-order valence-corrected chi connectivity index (χ0v) is 11.6. The molecule has 0 spiro atoms. The van der Waals surface area contributed by atoms with E-state index in [-0.39, 0.29) is 0 Å². The molecule has 0 saturated carbocycles. The van der Waals surface area contributed by atoms with Gasteiger partial charge in [0.15, 0.2) is 0 Å². The number of ether oxygens (including phenoxy) is 2. The molecule has 0 aromatic rings. The van der Waals surface area contributed by atoms with Crippen LogP contribution >= 0.6 is 11.6 Å². The minimum Gasteiger partial charge on any atom is -0.381 e. The number of unbranched alkanes of at least 4 members (excludes halogenated alkanes) is 3. The van der Waals surface area contributed by atoms with Crippen LogP contribution in [0.5, 0.6) is 0 Å². The topological polar surface area (TPSA) is 18.5 Å². The molecule has 0 aliphatic carbocycles. The molecule has 2 heterocycles. The Hall–Kier alpha value is 0.210. The second-order valence-corrected chi connectivity index (χ2v) is 5.72. The van der Waals surface area contributed by atoms with Gasteiger partial charge in [-0.05, 0) is 19.3 Å². The highest BCUT2D eigenvalue weighted by atomic mass is 35.5. The second kappa shape index (κ2) is 6.96. The average molecular weight is 261 g/mol. The minimum absolute atomic E-state index is 0.422. The Morgan fingerprint density at radius 2 is 1.88 bits per heavy atom. The molecular formula is C14H25ClO2. The molecular weight excluding hydrogens is 236 g/mol. The van der Waals surface area contributed by atoms with Crippen molar-refractivity contribution in [3.8, 4) is 0 Å². The van der Waals surface area contributed by atoms with Gasteiger partial charge in [-0.3, -0.25) is 0 Å². The molecule has 2 fully saturated rings. The summed E-state index contributed by atoms with van der Waals surface area (Å²) in [5.41, 5.74) is 0. The third-order valence-corrected chi connectivity index (χ3v) is 4.58. The third-order valence-electron chi connectivity index (χ3n) is 4.22. The second-order valence-electron chi connectivity index (χ2n) is 5.41. The summed E-state index contributed by atoms with van der Waals surface area (Å²) < 4.78 is 11.7. The monoisotopic (exact) mass is 260 g/mol. The Morgan fingerprint density at radius 3 is 2.59 bits per heavy atom. The van der Waals surface area contributed by atoms with E-state index in [9.17, 15) is 0 Å². The molecule has 0 N–H and O–H groups in total. The molecule has 17 heavy (non-hydrogen) atoms. The van der Waals surface area contributed by atoms with E-state index in [1.54, 1.807) is 0 Å². The van der Waals surface area contributed by atoms with Crippen molar-refractivity contribution in [2.75, 3.05) is 19.1 Å². The van der Waals surface area contributed by atoms with Crippen LogP contribution < -0.4 is 0 Å². The van der Waals surface area contributed by atoms with Gasteiger partial charge in [-0.25, -0.2) is 0 Å². The number of hydrogen-bond acceptors (Lipinski definition) is 2. The predicted octanol–water partition coefficient (Wildman–Crippen LogP) is 3.62. The molecule has 100 valence electrons. The van der Waals surface area contributed by atoms with Crippen LogP contribution in [0.1, 0.15) is 45.4 Å². The first kappa shape index (κ1) is 13.6. The van der Waals surface area contributed by atoms with Gasteiger partial charge >= 0.3 is 0 Å². The first-order valence-corrected chi connectivity index (χ1v) is 7.69. The highest BCUT2D eigenvalue weighted by Crippen LogP contribution is 2.43. The van der Waals surface area contributed by atoms with Crippen LogP contribution in [0.15, 0.2) is 0 Å². The molecule has 0 aromatic carbocycles. The maximum atomic E-state index is 6.04.